The predicted molar refractivity (Wildman–Crippen MR) is 160 cm³/mol. The van der Waals surface area contributed by atoms with Crippen LogP contribution < -0.4 is 14.8 Å². The summed E-state index contributed by atoms with van der Waals surface area (Å²) < 4.78 is 12.0. The summed E-state index contributed by atoms with van der Waals surface area (Å²) in [6.07, 6.45) is 7.70. The van der Waals surface area contributed by atoms with Crippen molar-refractivity contribution in [1.29, 1.82) is 0 Å². The van der Waals surface area contributed by atoms with Crippen LogP contribution in [-0.2, 0) is 6.61 Å². The molecule has 0 radical (unpaired) electrons. The third-order valence-corrected chi connectivity index (χ3v) is 7.67. The largest absolute Gasteiger partial charge is 0.490 e. The van der Waals surface area contributed by atoms with Gasteiger partial charge in [-0.3, -0.25) is 4.99 Å². The molecule has 1 aliphatic carbocycles. The Labute approximate surface area is 231 Å². The molecule has 4 aromatic carbocycles. The minimum absolute atomic E-state index is 0.291. The summed E-state index contributed by atoms with van der Waals surface area (Å²) in [5.74, 6) is 2.49. The number of allylic oxidation sites excluding steroid dienone is 2. The van der Waals surface area contributed by atoms with E-state index in [0.29, 0.717) is 31.1 Å². The monoisotopic (exact) mass is 514 g/mol. The molecule has 0 saturated heterocycles. The number of fused-ring (bicyclic) bond motifs is 3. The fraction of sp³-hybridized carbons (Fsp3) is 0.229. The zero-order valence-corrected chi connectivity index (χ0v) is 22.5. The molecule has 6 rings (SSSR count). The van der Waals surface area contributed by atoms with Crippen molar-refractivity contribution in [2.75, 3.05) is 11.9 Å². The number of anilines is 1. The lowest BCUT2D eigenvalue weighted by Gasteiger charge is -2.37. The molecule has 39 heavy (non-hydrogen) atoms. The minimum atomic E-state index is 0.291. The van der Waals surface area contributed by atoms with Crippen LogP contribution in [0.15, 0.2) is 108 Å². The van der Waals surface area contributed by atoms with Crippen LogP contribution in [-0.4, -0.2) is 12.8 Å². The Morgan fingerprint density at radius 3 is 2.54 bits per heavy atom. The number of ether oxygens (including phenoxy) is 2. The van der Waals surface area contributed by atoms with Gasteiger partial charge in [0.15, 0.2) is 11.5 Å². The van der Waals surface area contributed by atoms with Crippen LogP contribution >= 0.6 is 0 Å². The number of nitrogens with zero attached hydrogens (tertiary/aromatic N) is 1. The molecule has 0 fully saturated rings. The van der Waals surface area contributed by atoms with Crippen LogP contribution in [0.2, 0.25) is 0 Å². The first kappa shape index (κ1) is 25.0. The van der Waals surface area contributed by atoms with Gasteiger partial charge < -0.3 is 14.8 Å². The van der Waals surface area contributed by atoms with Crippen molar-refractivity contribution in [3.05, 3.63) is 131 Å². The van der Waals surface area contributed by atoms with E-state index in [9.17, 15) is 0 Å². The second kappa shape index (κ2) is 11.2. The van der Waals surface area contributed by atoms with E-state index in [0.717, 1.165) is 34.7 Å². The molecule has 0 aromatic heterocycles. The molecule has 196 valence electrons. The van der Waals surface area contributed by atoms with Gasteiger partial charge >= 0.3 is 0 Å². The highest BCUT2D eigenvalue weighted by molar-refractivity contribution is 5.83. The van der Waals surface area contributed by atoms with E-state index in [1.807, 2.05) is 31.3 Å². The van der Waals surface area contributed by atoms with Gasteiger partial charge in [-0.25, -0.2) is 0 Å². The number of rotatable bonds is 8. The van der Waals surface area contributed by atoms with Crippen molar-refractivity contribution in [1.82, 2.24) is 0 Å². The lowest BCUT2D eigenvalue weighted by Crippen LogP contribution is -2.28. The van der Waals surface area contributed by atoms with Crippen molar-refractivity contribution in [3.8, 4) is 11.5 Å². The van der Waals surface area contributed by atoms with Crippen LogP contribution in [0.3, 0.4) is 0 Å². The number of benzene rings is 4. The van der Waals surface area contributed by atoms with Gasteiger partial charge in [0.1, 0.15) is 6.61 Å². The normalized spacial score (nSPS) is 19.4. The molecule has 1 N–H and O–H groups in total. The Morgan fingerprint density at radius 1 is 0.897 bits per heavy atom. The maximum atomic E-state index is 6.08. The first-order chi connectivity index (χ1) is 19.2. The lowest BCUT2D eigenvalue weighted by atomic mass is 9.77. The van der Waals surface area contributed by atoms with E-state index < -0.39 is 0 Å². The Hall–Kier alpha value is -4.31. The highest BCUT2D eigenvalue weighted by Gasteiger charge is 2.37. The van der Waals surface area contributed by atoms with E-state index in [4.69, 9.17) is 14.5 Å². The summed E-state index contributed by atoms with van der Waals surface area (Å²) in [5, 5.41) is 3.80. The molecule has 0 saturated carbocycles. The molecule has 0 amide bonds. The van der Waals surface area contributed by atoms with Crippen LogP contribution in [0.4, 0.5) is 11.4 Å². The van der Waals surface area contributed by atoms with Gasteiger partial charge in [-0.2, -0.15) is 0 Å². The van der Waals surface area contributed by atoms with Gasteiger partial charge in [-0.05, 0) is 84.8 Å². The molecule has 4 nitrogen and oxygen atoms in total. The van der Waals surface area contributed by atoms with E-state index in [-0.39, 0.29) is 0 Å². The first-order valence-electron chi connectivity index (χ1n) is 13.8. The molecule has 0 spiro atoms. The van der Waals surface area contributed by atoms with Crippen molar-refractivity contribution in [3.63, 3.8) is 0 Å². The highest BCUT2D eigenvalue weighted by Crippen LogP contribution is 2.49. The number of aliphatic imine (C=N–C) groups is 1. The third kappa shape index (κ3) is 5.46. The highest BCUT2D eigenvalue weighted by atomic mass is 16.5. The molecule has 1 aliphatic heterocycles. The zero-order valence-electron chi connectivity index (χ0n) is 22.5. The summed E-state index contributed by atoms with van der Waals surface area (Å²) in [6, 6.07) is 32.0. The summed E-state index contributed by atoms with van der Waals surface area (Å²) in [7, 11) is 0. The maximum Gasteiger partial charge on any atom is 0.161 e. The second-order valence-corrected chi connectivity index (χ2v) is 10.3. The van der Waals surface area contributed by atoms with Crippen molar-refractivity contribution in [2.24, 2.45) is 10.9 Å². The number of nitrogens with one attached hydrogen (secondary N) is 1. The Kier molecular flexibility index (Phi) is 7.18. The third-order valence-electron chi connectivity index (χ3n) is 7.67. The first-order valence-corrected chi connectivity index (χ1v) is 13.8. The number of para-hydroxylation sites is 1. The maximum absolute atomic E-state index is 6.08. The molecule has 0 bridgehead atoms. The quantitative estimate of drug-likeness (QED) is 0.189. The fourth-order valence-electron chi connectivity index (χ4n) is 5.63. The topological polar surface area (TPSA) is 42.8 Å². The number of hydrogen-bond donors (Lipinski definition) is 1. The summed E-state index contributed by atoms with van der Waals surface area (Å²) >= 11 is 0. The molecular weight excluding hydrogens is 480 g/mol. The van der Waals surface area contributed by atoms with Crippen LogP contribution in [0.1, 0.15) is 53.1 Å². The zero-order chi connectivity index (χ0) is 26.6. The van der Waals surface area contributed by atoms with Gasteiger partial charge in [-0.1, -0.05) is 72.3 Å². The smallest absolute Gasteiger partial charge is 0.161 e. The lowest BCUT2D eigenvalue weighted by molar-refractivity contribution is 0.269. The molecule has 1 heterocycles. The minimum Gasteiger partial charge on any atom is -0.490 e. The van der Waals surface area contributed by atoms with Crippen molar-refractivity contribution < 1.29 is 9.47 Å². The second-order valence-electron chi connectivity index (χ2n) is 10.3. The molecule has 3 atom stereocenters. The average molecular weight is 515 g/mol. The molecular formula is C35H34N2O2. The van der Waals surface area contributed by atoms with Crippen molar-refractivity contribution in [2.45, 2.75) is 38.8 Å². The Bertz CT molecular complexity index is 1490. The molecule has 4 aromatic rings. The average Bonchev–Trinajstić information content (AvgIpc) is 3.47. The van der Waals surface area contributed by atoms with Crippen LogP contribution in [0.5, 0.6) is 11.5 Å². The van der Waals surface area contributed by atoms with Crippen molar-refractivity contribution >= 4 is 17.6 Å². The van der Waals surface area contributed by atoms with Crippen LogP contribution in [0, 0.1) is 12.8 Å². The standard InChI is InChI=1S/C35H34N2O2/c1-3-38-34-21-26(15-20-33(34)39-23-25-13-11-24(2)12-14-25)22-36-28-18-16-27(17-19-28)35-31-9-6-8-29(31)30-7-4-5-10-32(30)37-35/h4-8,10-22,29,31,35,37H,3,9,23H2,1-2H3/t29-,31-,35-/m0/s1. The fourth-order valence-corrected chi connectivity index (χ4v) is 5.63. The molecule has 0 unspecified atom stereocenters. The van der Waals surface area contributed by atoms with Gasteiger partial charge in [0.25, 0.3) is 0 Å². The van der Waals surface area contributed by atoms with E-state index >= 15 is 0 Å². The van der Waals surface area contributed by atoms with Crippen LogP contribution in [0.25, 0.3) is 0 Å². The SMILES string of the molecule is CCOc1cc(C=Nc2ccc([C@@H]3Nc4ccccc4[C@@H]4C=CC[C@@H]43)cc2)ccc1OCc1ccc(C)cc1. The molecule has 2 aliphatic rings. The number of aryl methyl sites for hydroxylation is 1. The van der Waals surface area contributed by atoms with Gasteiger partial charge in [-0.15, -0.1) is 0 Å². The van der Waals surface area contributed by atoms with Gasteiger partial charge in [0, 0.05) is 17.8 Å². The van der Waals surface area contributed by atoms with Gasteiger partial charge in [0.05, 0.1) is 18.3 Å². The van der Waals surface area contributed by atoms with E-state index in [1.165, 1.54) is 22.4 Å². The summed E-state index contributed by atoms with van der Waals surface area (Å²) in [6.45, 7) is 5.14. The Morgan fingerprint density at radius 2 is 1.72 bits per heavy atom. The number of hydrogen-bond acceptors (Lipinski definition) is 4. The van der Waals surface area contributed by atoms with E-state index in [1.54, 1.807) is 0 Å². The molecule has 4 heteroatoms. The summed E-state index contributed by atoms with van der Waals surface area (Å²) in [4.78, 5) is 4.74. The van der Waals surface area contributed by atoms with E-state index in [2.05, 4.69) is 97.2 Å². The summed E-state index contributed by atoms with van der Waals surface area (Å²) in [5.41, 5.74) is 8.22. The van der Waals surface area contributed by atoms with Gasteiger partial charge in [0.2, 0.25) is 0 Å². The predicted octanol–water partition coefficient (Wildman–Crippen LogP) is 8.55. The Balaban J connectivity index is 1.15.